The second-order valence-electron chi connectivity index (χ2n) is 5.38. The number of para-hydroxylation sites is 1. The van der Waals surface area contributed by atoms with Crippen LogP contribution >= 0.6 is 11.3 Å². The van der Waals surface area contributed by atoms with E-state index in [1.807, 2.05) is 49.4 Å². The largest absolute Gasteiger partial charge is 0.332 e. The van der Waals surface area contributed by atoms with E-state index in [1.165, 1.54) is 11.3 Å². The topological polar surface area (TPSA) is 68.0 Å². The van der Waals surface area contributed by atoms with Gasteiger partial charge in [0.1, 0.15) is 5.54 Å². The van der Waals surface area contributed by atoms with Gasteiger partial charge in [0.05, 0.1) is 11.1 Å². The summed E-state index contributed by atoms with van der Waals surface area (Å²) in [4.78, 5) is 17.5. The monoisotopic (exact) mass is 311 g/mol. The van der Waals surface area contributed by atoms with Gasteiger partial charge in [-0.3, -0.25) is 4.79 Å². The standard InChI is InChI=1S/C17H17N3OS/c1-12-7-9-17(18,10-8-12)15(21)14-11-19-16(22-14)20-13-5-3-2-4-6-13/h2-9,11H,10,18H2,1H3,(H,19,20). The van der Waals surface area contributed by atoms with E-state index in [0.717, 1.165) is 11.3 Å². The molecule has 4 nitrogen and oxygen atoms in total. The molecule has 0 fully saturated rings. The molecule has 1 unspecified atom stereocenters. The number of nitrogens with one attached hydrogen (secondary N) is 1. The van der Waals surface area contributed by atoms with Crippen molar-refractivity contribution in [3.8, 4) is 0 Å². The molecular weight excluding hydrogens is 294 g/mol. The average Bonchev–Trinajstić information content (AvgIpc) is 2.99. The van der Waals surface area contributed by atoms with E-state index in [-0.39, 0.29) is 5.78 Å². The Morgan fingerprint density at radius 2 is 2.14 bits per heavy atom. The molecule has 0 bridgehead atoms. The van der Waals surface area contributed by atoms with Crippen molar-refractivity contribution in [1.82, 2.24) is 4.98 Å². The highest BCUT2D eigenvalue weighted by Gasteiger charge is 2.33. The first-order valence-corrected chi connectivity index (χ1v) is 7.86. The highest BCUT2D eigenvalue weighted by molar-refractivity contribution is 7.17. The van der Waals surface area contributed by atoms with Gasteiger partial charge in [-0.15, -0.1) is 0 Å². The Labute approximate surface area is 133 Å². The number of hydrogen-bond donors (Lipinski definition) is 2. The molecule has 1 atom stereocenters. The Morgan fingerprint density at radius 3 is 2.82 bits per heavy atom. The zero-order chi connectivity index (χ0) is 15.6. The zero-order valence-electron chi connectivity index (χ0n) is 12.2. The van der Waals surface area contributed by atoms with Gasteiger partial charge in [-0.25, -0.2) is 4.98 Å². The lowest BCUT2D eigenvalue weighted by Crippen LogP contribution is -2.46. The summed E-state index contributed by atoms with van der Waals surface area (Å²) < 4.78 is 0. The van der Waals surface area contributed by atoms with Gasteiger partial charge in [-0.2, -0.15) is 0 Å². The zero-order valence-corrected chi connectivity index (χ0v) is 13.1. The first-order chi connectivity index (χ1) is 10.6. The molecule has 22 heavy (non-hydrogen) atoms. The van der Waals surface area contributed by atoms with Gasteiger partial charge in [-0.1, -0.05) is 53.3 Å². The van der Waals surface area contributed by atoms with Crippen LogP contribution in [0.3, 0.4) is 0 Å². The van der Waals surface area contributed by atoms with Gasteiger partial charge < -0.3 is 11.1 Å². The third-order valence-corrected chi connectivity index (χ3v) is 4.49. The van der Waals surface area contributed by atoms with Gasteiger partial charge in [0.2, 0.25) is 0 Å². The van der Waals surface area contributed by atoms with E-state index in [1.54, 1.807) is 12.3 Å². The fourth-order valence-electron chi connectivity index (χ4n) is 2.23. The molecular formula is C17H17N3OS. The second-order valence-corrected chi connectivity index (χ2v) is 6.41. The van der Waals surface area contributed by atoms with Crippen LogP contribution < -0.4 is 11.1 Å². The van der Waals surface area contributed by atoms with Crippen molar-refractivity contribution in [3.63, 3.8) is 0 Å². The lowest BCUT2D eigenvalue weighted by molar-refractivity contribution is 0.0925. The van der Waals surface area contributed by atoms with Crippen LogP contribution in [0.15, 0.2) is 60.3 Å². The minimum Gasteiger partial charge on any atom is -0.332 e. The van der Waals surface area contributed by atoms with Crippen LogP contribution in [0.2, 0.25) is 0 Å². The Morgan fingerprint density at radius 1 is 1.36 bits per heavy atom. The molecule has 0 radical (unpaired) electrons. The number of benzene rings is 1. The maximum atomic E-state index is 12.6. The van der Waals surface area contributed by atoms with E-state index in [0.29, 0.717) is 16.4 Å². The second kappa shape index (κ2) is 5.87. The molecule has 0 amide bonds. The maximum absolute atomic E-state index is 12.6. The summed E-state index contributed by atoms with van der Waals surface area (Å²) in [5.41, 5.74) is 7.34. The fraction of sp³-hybridized carbons (Fsp3) is 0.176. The van der Waals surface area contributed by atoms with Crippen LogP contribution in [0.4, 0.5) is 10.8 Å². The van der Waals surface area contributed by atoms with Crippen molar-refractivity contribution in [2.45, 2.75) is 18.9 Å². The van der Waals surface area contributed by atoms with Crippen LogP contribution in [0, 0.1) is 0 Å². The molecule has 1 heterocycles. The molecule has 0 aliphatic heterocycles. The summed E-state index contributed by atoms with van der Waals surface area (Å²) in [7, 11) is 0. The quantitative estimate of drug-likeness (QED) is 0.845. The van der Waals surface area contributed by atoms with E-state index in [4.69, 9.17) is 5.73 Å². The fourth-order valence-corrected chi connectivity index (χ4v) is 3.10. The van der Waals surface area contributed by atoms with Crippen molar-refractivity contribution in [1.29, 1.82) is 0 Å². The minimum absolute atomic E-state index is 0.0916. The Kier molecular flexibility index (Phi) is 3.92. The number of ketones is 1. The van der Waals surface area contributed by atoms with Crippen LogP contribution in [-0.4, -0.2) is 16.3 Å². The summed E-state index contributed by atoms with van der Waals surface area (Å²) >= 11 is 1.32. The van der Waals surface area contributed by atoms with Crippen LogP contribution in [0.25, 0.3) is 0 Å². The molecule has 1 aromatic carbocycles. The molecule has 3 rings (SSSR count). The summed E-state index contributed by atoms with van der Waals surface area (Å²) in [5, 5.41) is 3.87. The molecule has 5 heteroatoms. The van der Waals surface area contributed by atoms with Crippen molar-refractivity contribution in [2.75, 3.05) is 5.32 Å². The first kappa shape index (κ1) is 14.7. The van der Waals surface area contributed by atoms with E-state index in [9.17, 15) is 4.79 Å². The molecule has 0 spiro atoms. The average molecular weight is 311 g/mol. The highest BCUT2D eigenvalue weighted by atomic mass is 32.1. The molecule has 0 saturated heterocycles. The smallest absolute Gasteiger partial charge is 0.198 e. The van der Waals surface area contributed by atoms with Gasteiger partial charge >= 0.3 is 0 Å². The van der Waals surface area contributed by atoms with Crippen molar-refractivity contribution in [3.05, 3.63) is 65.2 Å². The third-order valence-electron chi connectivity index (χ3n) is 3.58. The van der Waals surface area contributed by atoms with E-state index >= 15 is 0 Å². The van der Waals surface area contributed by atoms with Gasteiger partial charge in [0, 0.05) is 5.69 Å². The number of carbonyl (C=O) groups excluding carboxylic acids is 1. The molecule has 2 aromatic rings. The number of Topliss-reactive ketones (excluding diaryl/α,β-unsaturated/α-hetero) is 1. The van der Waals surface area contributed by atoms with Crippen molar-refractivity contribution in [2.24, 2.45) is 5.73 Å². The lowest BCUT2D eigenvalue weighted by Gasteiger charge is -2.24. The summed E-state index contributed by atoms with van der Waals surface area (Å²) in [6, 6.07) is 9.73. The van der Waals surface area contributed by atoms with Crippen molar-refractivity contribution < 1.29 is 4.79 Å². The van der Waals surface area contributed by atoms with E-state index in [2.05, 4.69) is 10.3 Å². The Bertz CT molecular complexity index is 748. The molecule has 1 aliphatic rings. The highest BCUT2D eigenvalue weighted by Crippen LogP contribution is 2.28. The van der Waals surface area contributed by atoms with E-state index < -0.39 is 5.54 Å². The van der Waals surface area contributed by atoms with Crippen LogP contribution in [-0.2, 0) is 0 Å². The molecule has 0 saturated carbocycles. The normalized spacial score (nSPS) is 20.5. The van der Waals surface area contributed by atoms with Gasteiger partial charge in [0.15, 0.2) is 10.9 Å². The summed E-state index contributed by atoms with van der Waals surface area (Å²) in [6.07, 6.45) is 7.78. The number of aromatic nitrogens is 1. The van der Waals surface area contributed by atoms with Gasteiger partial charge in [0.25, 0.3) is 0 Å². The predicted octanol–water partition coefficient (Wildman–Crippen LogP) is 3.67. The Balaban J connectivity index is 1.76. The van der Waals surface area contributed by atoms with Crippen LogP contribution in [0.1, 0.15) is 23.0 Å². The number of nitrogens with two attached hydrogens (primary N) is 1. The number of anilines is 2. The molecule has 1 aromatic heterocycles. The SMILES string of the molecule is CC1=CCC(N)(C(=O)c2cnc(Nc3ccccc3)s2)C=C1. The predicted molar refractivity (Wildman–Crippen MR) is 90.6 cm³/mol. The maximum Gasteiger partial charge on any atom is 0.198 e. The number of allylic oxidation sites excluding steroid dienone is 2. The number of hydrogen-bond acceptors (Lipinski definition) is 5. The lowest BCUT2D eigenvalue weighted by atomic mass is 9.85. The number of thiazole rings is 1. The molecule has 112 valence electrons. The first-order valence-electron chi connectivity index (χ1n) is 7.04. The van der Waals surface area contributed by atoms with Crippen LogP contribution in [0.5, 0.6) is 0 Å². The molecule has 3 N–H and O–H groups in total. The number of carbonyl (C=O) groups is 1. The minimum atomic E-state index is -0.962. The number of nitrogens with zero attached hydrogens (tertiary/aromatic N) is 1. The Hall–Kier alpha value is -2.24. The summed E-state index contributed by atoms with van der Waals surface area (Å²) in [5.74, 6) is -0.0916. The number of rotatable bonds is 4. The van der Waals surface area contributed by atoms with Crippen molar-refractivity contribution >= 4 is 27.9 Å². The molecule has 1 aliphatic carbocycles. The third kappa shape index (κ3) is 3.00. The summed E-state index contributed by atoms with van der Waals surface area (Å²) in [6.45, 7) is 2.00. The van der Waals surface area contributed by atoms with Gasteiger partial charge in [-0.05, 0) is 25.5 Å².